The second-order valence-electron chi connectivity index (χ2n) is 5.04. The van der Waals surface area contributed by atoms with Gasteiger partial charge in [0.05, 0.1) is 5.02 Å². The van der Waals surface area contributed by atoms with Crippen molar-refractivity contribution in [1.29, 1.82) is 0 Å². The molecule has 0 unspecified atom stereocenters. The van der Waals surface area contributed by atoms with Gasteiger partial charge in [-0.1, -0.05) is 39.6 Å². The average molecular weight is 403 g/mol. The summed E-state index contributed by atoms with van der Waals surface area (Å²) in [6.07, 6.45) is 3.10. The summed E-state index contributed by atoms with van der Waals surface area (Å²) < 4.78 is 5.75. The van der Waals surface area contributed by atoms with Crippen LogP contribution in [-0.4, -0.2) is 21.2 Å². The number of rotatable bonds is 7. The summed E-state index contributed by atoms with van der Waals surface area (Å²) in [6.45, 7) is 2.04. The predicted molar refractivity (Wildman–Crippen MR) is 90.7 cm³/mol. The molecule has 1 aromatic carbocycles. The highest BCUT2D eigenvalue weighted by Gasteiger charge is 2.12. The number of hydrogen-bond donors (Lipinski definition) is 2. The molecule has 23 heavy (non-hydrogen) atoms. The Morgan fingerprint density at radius 3 is 2.91 bits per heavy atom. The van der Waals surface area contributed by atoms with Crippen LogP contribution in [0, 0.1) is 0 Å². The van der Waals surface area contributed by atoms with Gasteiger partial charge in [-0.25, -0.2) is 0 Å². The topological polar surface area (TPSA) is 88.2 Å². The standard InChI is InChI=1S/C15H17BrClN3O3/c1-2-4-12-18-14(23-20-12)6-3-5-13(22)19-15-10(17)7-9(16)8-11(15)21/h7-8,21H,2-6H2,1H3,(H,19,22). The number of nitrogens with zero attached hydrogens (tertiary/aromatic N) is 2. The molecule has 8 heteroatoms. The highest BCUT2D eigenvalue weighted by atomic mass is 79.9. The van der Waals surface area contributed by atoms with E-state index in [2.05, 4.69) is 31.4 Å². The van der Waals surface area contributed by atoms with Crippen LogP contribution in [-0.2, 0) is 17.6 Å². The molecule has 0 atom stereocenters. The summed E-state index contributed by atoms with van der Waals surface area (Å²) in [7, 11) is 0. The van der Waals surface area contributed by atoms with Crippen LogP contribution in [0.4, 0.5) is 5.69 Å². The first kappa shape index (κ1) is 17.7. The fourth-order valence-corrected chi connectivity index (χ4v) is 2.84. The molecule has 0 aliphatic heterocycles. The molecule has 1 heterocycles. The van der Waals surface area contributed by atoms with Crippen molar-refractivity contribution in [2.24, 2.45) is 0 Å². The first-order valence-corrected chi connectivity index (χ1v) is 8.46. The number of aromatic nitrogens is 2. The maximum absolute atomic E-state index is 11.9. The Kier molecular flexibility index (Phi) is 6.41. The molecule has 0 saturated heterocycles. The quantitative estimate of drug-likeness (QED) is 0.681. The Labute approximate surface area is 147 Å². The maximum Gasteiger partial charge on any atom is 0.226 e. The van der Waals surface area contributed by atoms with Crippen molar-refractivity contribution in [3.05, 3.63) is 33.3 Å². The Balaban J connectivity index is 1.83. The fourth-order valence-electron chi connectivity index (χ4n) is 2.00. The zero-order valence-electron chi connectivity index (χ0n) is 12.6. The molecule has 2 aromatic rings. The number of phenolic OH excluding ortho intramolecular Hbond substituents is 1. The molecule has 124 valence electrons. The van der Waals surface area contributed by atoms with Crippen molar-refractivity contribution < 1.29 is 14.4 Å². The second kappa shape index (κ2) is 8.31. The zero-order valence-corrected chi connectivity index (χ0v) is 14.9. The van der Waals surface area contributed by atoms with E-state index in [9.17, 15) is 9.90 Å². The molecule has 2 rings (SSSR count). The molecule has 0 aliphatic carbocycles. The van der Waals surface area contributed by atoms with Gasteiger partial charge < -0.3 is 14.9 Å². The lowest BCUT2D eigenvalue weighted by Crippen LogP contribution is -2.12. The van der Waals surface area contributed by atoms with E-state index in [4.69, 9.17) is 16.1 Å². The molecule has 1 aromatic heterocycles. The van der Waals surface area contributed by atoms with Gasteiger partial charge in [0.2, 0.25) is 11.8 Å². The Morgan fingerprint density at radius 1 is 1.43 bits per heavy atom. The number of benzene rings is 1. The summed E-state index contributed by atoms with van der Waals surface area (Å²) in [5.74, 6) is 0.904. The number of carbonyl (C=O) groups is 1. The van der Waals surface area contributed by atoms with Crippen LogP contribution in [0.5, 0.6) is 5.75 Å². The summed E-state index contributed by atoms with van der Waals surface area (Å²) in [5, 5.41) is 16.6. The van der Waals surface area contributed by atoms with E-state index in [-0.39, 0.29) is 28.8 Å². The van der Waals surface area contributed by atoms with E-state index < -0.39 is 0 Å². The highest BCUT2D eigenvalue weighted by molar-refractivity contribution is 9.10. The number of aromatic hydroxyl groups is 1. The molecule has 6 nitrogen and oxygen atoms in total. The van der Waals surface area contributed by atoms with Crippen molar-refractivity contribution in [2.45, 2.75) is 39.0 Å². The predicted octanol–water partition coefficient (Wildman–Crippen LogP) is 4.11. The van der Waals surface area contributed by atoms with Crippen LogP contribution >= 0.6 is 27.5 Å². The van der Waals surface area contributed by atoms with Gasteiger partial charge >= 0.3 is 0 Å². The lowest BCUT2D eigenvalue weighted by Gasteiger charge is -2.09. The highest BCUT2D eigenvalue weighted by Crippen LogP contribution is 2.35. The van der Waals surface area contributed by atoms with Gasteiger partial charge in [-0.2, -0.15) is 4.98 Å². The van der Waals surface area contributed by atoms with Crippen molar-refractivity contribution in [3.63, 3.8) is 0 Å². The molecular formula is C15H17BrClN3O3. The minimum Gasteiger partial charge on any atom is -0.506 e. The number of carbonyl (C=O) groups excluding carboxylic acids is 1. The van der Waals surface area contributed by atoms with E-state index in [1.807, 2.05) is 6.92 Å². The van der Waals surface area contributed by atoms with Gasteiger partial charge in [-0.3, -0.25) is 4.79 Å². The number of nitrogens with one attached hydrogen (secondary N) is 1. The zero-order chi connectivity index (χ0) is 16.8. The summed E-state index contributed by atoms with van der Waals surface area (Å²) >= 11 is 9.22. The molecule has 0 fully saturated rings. The Bertz CT molecular complexity index is 667. The number of amides is 1. The molecular weight excluding hydrogens is 386 g/mol. The molecule has 0 radical (unpaired) electrons. The first-order chi connectivity index (χ1) is 11.0. The Morgan fingerprint density at radius 2 is 2.22 bits per heavy atom. The number of anilines is 1. The van der Waals surface area contributed by atoms with Gasteiger partial charge in [0, 0.05) is 23.7 Å². The van der Waals surface area contributed by atoms with Crippen LogP contribution in [0.2, 0.25) is 5.02 Å². The van der Waals surface area contributed by atoms with Crippen LogP contribution < -0.4 is 5.32 Å². The monoisotopic (exact) mass is 401 g/mol. The molecule has 2 N–H and O–H groups in total. The van der Waals surface area contributed by atoms with Crippen molar-refractivity contribution >= 4 is 39.1 Å². The number of hydrogen-bond acceptors (Lipinski definition) is 5. The molecule has 1 amide bonds. The van der Waals surface area contributed by atoms with E-state index >= 15 is 0 Å². The molecule has 0 saturated carbocycles. The second-order valence-corrected chi connectivity index (χ2v) is 6.36. The third-order valence-electron chi connectivity index (χ3n) is 3.08. The van der Waals surface area contributed by atoms with E-state index in [1.165, 1.54) is 6.07 Å². The molecule has 0 spiro atoms. The number of phenols is 1. The lowest BCUT2D eigenvalue weighted by atomic mass is 10.2. The smallest absolute Gasteiger partial charge is 0.226 e. The third-order valence-corrected chi connectivity index (χ3v) is 3.83. The van der Waals surface area contributed by atoms with Crippen molar-refractivity contribution in [3.8, 4) is 5.75 Å². The fraction of sp³-hybridized carbons (Fsp3) is 0.400. The maximum atomic E-state index is 11.9. The van der Waals surface area contributed by atoms with Crippen molar-refractivity contribution in [1.82, 2.24) is 10.1 Å². The number of aryl methyl sites for hydroxylation is 2. The summed E-state index contributed by atoms with van der Waals surface area (Å²) in [5.41, 5.74) is 0.211. The van der Waals surface area contributed by atoms with Gasteiger partial charge in [0.15, 0.2) is 5.82 Å². The van der Waals surface area contributed by atoms with E-state index in [0.29, 0.717) is 29.0 Å². The molecule has 0 bridgehead atoms. The summed E-state index contributed by atoms with van der Waals surface area (Å²) in [4.78, 5) is 16.2. The third kappa shape index (κ3) is 5.21. The van der Waals surface area contributed by atoms with Crippen LogP contribution in [0.3, 0.4) is 0 Å². The normalized spacial score (nSPS) is 10.7. The average Bonchev–Trinajstić information content (AvgIpc) is 2.91. The van der Waals surface area contributed by atoms with Gasteiger partial charge in [-0.05, 0) is 25.0 Å². The Hall–Kier alpha value is -1.60. The van der Waals surface area contributed by atoms with Gasteiger partial charge in [0.1, 0.15) is 11.4 Å². The van der Waals surface area contributed by atoms with Crippen LogP contribution in [0.1, 0.15) is 37.9 Å². The van der Waals surface area contributed by atoms with Crippen LogP contribution in [0.25, 0.3) is 0 Å². The molecule has 0 aliphatic rings. The minimum atomic E-state index is -0.238. The SMILES string of the molecule is CCCc1noc(CCCC(=O)Nc2c(O)cc(Br)cc2Cl)n1. The summed E-state index contributed by atoms with van der Waals surface area (Å²) in [6, 6.07) is 3.07. The lowest BCUT2D eigenvalue weighted by molar-refractivity contribution is -0.116. The largest absolute Gasteiger partial charge is 0.506 e. The minimum absolute atomic E-state index is 0.0844. The van der Waals surface area contributed by atoms with E-state index in [0.717, 1.165) is 12.8 Å². The van der Waals surface area contributed by atoms with Crippen molar-refractivity contribution in [2.75, 3.05) is 5.32 Å². The first-order valence-electron chi connectivity index (χ1n) is 7.29. The van der Waals surface area contributed by atoms with Gasteiger partial charge in [-0.15, -0.1) is 0 Å². The number of halogens is 2. The van der Waals surface area contributed by atoms with Gasteiger partial charge in [0.25, 0.3) is 0 Å². The van der Waals surface area contributed by atoms with E-state index in [1.54, 1.807) is 6.07 Å². The van der Waals surface area contributed by atoms with Crippen LogP contribution in [0.15, 0.2) is 21.1 Å².